The van der Waals surface area contributed by atoms with Gasteiger partial charge in [-0.15, -0.1) is 12.4 Å². The lowest BCUT2D eigenvalue weighted by atomic mass is 9.81. The van der Waals surface area contributed by atoms with Crippen LogP contribution in [0.15, 0.2) is 12.1 Å². The van der Waals surface area contributed by atoms with Crippen molar-refractivity contribution in [2.24, 2.45) is 5.73 Å². The molecular weight excluding hydrogens is 362 g/mol. The molecule has 3 nitrogen and oxygen atoms in total. The normalized spacial score (nSPS) is 24.8. The fraction of sp³-hybridized carbons (Fsp3) is 0.500. The molecule has 1 aromatic rings. The number of piperidine rings is 1. The molecule has 0 bridgehead atoms. The Balaban J connectivity index is 0.00000288. The lowest BCUT2D eigenvalue weighted by molar-refractivity contribution is -0.170. The number of rotatable bonds is 2. The summed E-state index contributed by atoms with van der Waals surface area (Å²) in [6.45, 7) is -0.361. The van der Waals surface area contributed by atoms with E-state index in [-0.39, 0.29) is 18.8 Å². The van der Waals surface area contributed by atoms with Gasteiger partial charge in [0.15, 0.2) is 11.6 Å². The standard InChI is InChI=1S/C14H14F6N2O.ClH/c1-6-7(11-8(15)2-3-9(16)12(11)17)4-10(21)13(23)22(6)5-14(18,19)20;/h2-3,6-7,10H,4-5,21H2,1H3;1H. The zero-order valence-corrected chi connectivity index (χ0v) is 13.2. The summed E-state index contributed by atoms with van der Waals surface area (Å²) in [7, 11) is 0. The van der Waals surface area contributed by atoms with Crippen LogP contribution in [0, 0.1) is 17.5 Å². The summed E-state index contributed by atoms with van der Waals surface area (Å²) in [5.41, 5.74) is 4.83. The summed E-state index contributed by atoms with van der Waals surface area (Å²) in [5, 5.41) is 0. The number of nitrogens with zero attached hydrogens (tertiary/aromatic N) is 1. The zero-order valence-electron chi connectivity index (χ0n) is 12.4. The Morgan fingerprint density at radius 2 is 1.75 bits per heavy atom. The lowest BCUT2D eigenvalue weighted by Gasteiger charge is -2.42. The molecule has 1 aromatic carbocycles. The summed E-state index contributed by atoms with van der Waals surface area (Å²) in [6, 6.07) is -1.26. The van der Waals surface area contributed by atoms with Crippen LogP contribution in [0.5, 0.6) is 0 Å². The maximum absolute atomic E-state index is 13.9. The molecule has 0 spiro atoms. The second-order valence-corrected chi connectivity index (χ2v) is 5.53. The fourth-order valence-corrected chi connectivity index (χ4v) is 2.86. The van der Waals surface area contributed by atoms with Crippen molar-refractivity contribution >= 4 is 18.3 Å². The summed E-state index contributed by atoms with van der Waals surface area (Å²) in [6.07, 6.45) is -4.96. The van der Waals surface area contributed by atoms with Crippen molar-refractivity contribution in [3.63, 3.8) is 0 Å². The smallest absolute Gasteiger partial charge is 0.329 e. The van der Waals surface area contributed by atoms with E-state index in [1.807, 2.05) is 0 Å². The molecule has 2 rings (SSSR count). The van der Waals surface area contributed by atoms with Gasteiger partial charge in [-0.2, -0.15) is 13.2 Å². The van der Waals surface area contributed by atoms with E-state index in [0.717, 1.165) is 0 Å². The first-order chi connectivity index (χ1) is 10.5. The van der Waals surface area contributed by atoms with Gasteiger partial charge in [0.25, 0.3) is 0 Å². The topological polar surface area (TPSA) is 46.3 Å². The van der Waals surface area contributed by atoms with Gasteiger partial charge in [-0.3, -0.25) is 4.79 Å². The van der Waals surface area contributed by atoms with Gasteiger partial charge in [0.05, 0.1) is 6.04 Å². The fourth-order valence-electron chi connectivity index (χ4n) is 2.86. The van der Waals surface area contributed by atoms with E-state index in [1.165, 1.54) is 6.92 Å². The Labute approximate surface area is 140 Å². The van der Waals surface area contributed by atoms with Crippen molar-refractivity contribution in [1.82, 2.24) is 4.90 Å². The molecule has 3 unspecified atom stereocenters. The van der Waals surface area contributed by atoms with Crippen LogP contribution in [-0.2, 0) is 4.79 Å². The molecule has 1 aliphatic rings. The molecule has 1 heterocycles. The maximum Gasteiger partial charge on any atom is 0.406 e. The SMILES string of the molecule is CC1C(c2c(F)ccc(F)c2F)CC(N)C(=O)N1CC(F)(F)F.Cl. The third kappa shape index (κ3) is 3.94. The average molecular weight is 377 g/mol. The van der Waals surface area contributed by atoms with Crippen molar-refractivity contribution in [3.8, 4) is 0 Å². The van der Waals surface area contributed by atoms with Crippen LogP contribution in [0.2, 0.25) is 0 Å². The zero-order chi connectivity index (χ0) is 17.5. The quantitative estimate of drug-likeness (QED) is 0.637. The van der Waals surface area contributed by atoms with Gasteiger partial charge in [0, 0.05) is 17.5 Å². The molecule has 136 valence electrons. The monoisotopic (exact) mass is 376 g/mol. The molecule has 0 aromatic heterocycles. The highest BCUT2D eigenvalue weighted by Crippen LogP contribution is 2.37. The molecule has 0 saturated carbocycles. The Bertz CT molecular complexity index is 624. The van der Waals surface area contributed by atoms with E-state index in [9.17, 15) is 31.1 Å². The van der Waals surface area contributed by atoms with Crippen molar-refractivity contribution in [1.29, 1.82) is 0 Å². The van der Waals surface area contributed by atoms with Gasteiger partial charge in [-0.1, -0.05) is 0 Å². The van der Waals surface area contributed by atoms with Crippen molar-refractivity contribution in [3.05, 3.63) is 35.1 Å². The van der Waals surface area contributed by atoms with Crippen molar-refractivity contribution in [2.75, 3.05) is 6.54 Å². The summed E-state index contributed by atoms with van der Waals surface area (Å²) in [4.78, 5) is 12.3. The molecule has 2 N–H and O–H groups in total. The summed E-state index contributed by atoms with van der Waals surface area (Å²) < 4.78 is 79.1. The number of nitrogens with two attached hydrogens (primary N) is 1. The first-order valence-corrected chi connectivity index (χ1v) is 6.79. The van der Waals surface area contributed by atoms with Crippen LogP contribution in [0.4, 0.5) is 26.3 Å². The Hall–Kier alpha value is -1.48. The van der Waals surface area contributed by atoms with Gasteiger partial charge in [0.1, 0.15) is 12.4 Å². The van der Waals surface area contributed by atoms with E-state index >= 15 is 0 Å². The minimum atomic E-state index is -4.69. The highest BCUT2D eigenvalue weighted by atomic mass is 35.5. The summed E-state index contributed by atoms with van der Waals surface area (Å²) >= 11 is 0. The van der Waals surface area contributed by atoms with Crippen LogP contribution in [0.25, 0.3) is 0 Å². The first-order valence-electron chi connectivity index (χ1n) is 6.79. The molecule has 0 radical (unpaired) electrons. The van der Waals surface area contributed by atoms with Crippen molar-refractivity contribution in [2.45, 2.75) is 37.5 Å². The number of hydrogen-bond donors (Lipinski definition) is 1. The molecular formula is C14H15ClF6N2O. The number of halogens is 7. The predicted molar refractivity (Wildman–Crippen MR) is 76.1 cm³/mol. The average Bonchev–Trinajstić information content (AvgIpc) is 2.44. The van der Waals surface area contributed by atoms with Crippen LogP contribution in [-0.4, -0.2) is 35.6 Å². The third-order valence-electron chi connectivity index (χ3n) is 3.98. The first kappa shape index (κ1) is 20.6. The van der Waals surface area contributed by atoms with E-state index in [0.29, 0.717) is 17.0 Å². The van der Waals surface area contributed by atoms with E-state index in [1.54, 1.807) is 0 Å². The number of alkyl halides is 3. The third-order valence-corrected chi connectivity index (χ3v) is 3.98. The highest BCUT2D eigenvalue weighted by Gasteiger charge is 2.45. The van der Waals surface area contributed by atoms with Crippen LogP contribution >= 0.6 is 12.4 Å². The Kier molecular flexibility index (Phi) is 6.15. The van der Waals surface area contributed by atoms with Gasteiger partial charge in [-0.05, 0) is 25.5 Å². The molecule has 24 heavy (non-hydrogen) atoms. The second kappa shape index (κ2) is 7.18. The predicted octanol–water partition coefficient (Wildman–Crippen LogP) is 3.12. The minimum Gasteiger partial charge on any atom is -0.329 e. The Morgan fingerprint density at radius 1 is 1.21 bits per heavy atom. The molecule has 1 fully saturated rings. The molecule has 10 heteroatoms. The van der Waals surface area contributed by atoms with Gasteiger partial charge >= 0.3 is 6.18 Å². The molecule has 1 aliphatic heterocycles. The van der Waals surface area contributed by atoms with E-state index in [2.05, 4.69) is 0 Å². The second-order valence-electron chi connectivity index (χ2n) is 5.53. The number of likely N-dealkylation sites (tertiary alicyclic amines) is 1. The van der Waals surface area contributed by atoms with Crippen LogP contribution in [0.1, 0.15) is 24.8 Å². The molecule has 0 aliphatic carbocycles. The lowest BCUT2D eigenvalue weighted by Crippen LogP contribution is -2.57. The van der Waals surface area contributed by atoms with E-state index < -0.39 is 59.6 Å². The Morgan fingerprint density at radius 3 is 2.29 bits per heavy atom. The number of benzene rings is 1. The largest absolute Gasteiger partial charge is 0.406 e. The van der Waals surface area contributed by atoms with Crippen LogP contribution < -0.4 is 5.73 Å². The number of carbonyl (C=O) groups is 1. The van der Waals surface area contributed by atoms with Gasteiger partial charge in [-0.25, -0.2) is 13.2 Å². The minimum absolute atomic E-state index is 0. The van der Waals surface area contributed by atoms with E-state index in [4.69, 9.17) is 5.73 Å². The highest BCUT2D eigenvalue weighted by molar-refractivity contribution is 5.85. The van der Waals surface area contributed by atoms with Crippen molar-refractivity contribution < 1.29 is 31.1 Å². The molecule has 1 saturated heterocycles. The number of carbonyl (C=O) groups excluding carboxylic acids is 1. The number of amides is 1. The van der Waals surface area contributed by atoms with Gasteiger partial charge in [0.2, 0.25) is 5.91 Å². The maximum atomic E-state index is 13.9. The molecule has 1 amide bonds. The van der Waals surface area contributed by atoms with Crippen LogP contribution in [0.3, 0.4) is 0 Å². The molecule has 3 atom stereocenters. The van der Waals surface area contributed by atoms with Gasteiger partial charge < -0.3 is 10.6 Å². The summed E-state index contributed by atoms with van der Waals surface area (Å²) in [5.74, 6) is -6.02. The number of hydrogen-bond acceptors (Lipinski definition) is 2.